The Kier molecular flexibility index (Phi) is 6.27. The highest BCUT2D eigenvalue weighted by atomic mass is 16.5. The molecule has 2 N–H and O–H groups in total. The van der Waals surface area contributed by atoms with Crippen LogP contribution < -0.4 is 15.2 Å². The van der Waals surface area contributed by atoms with Gasteiger partial charge in [0.05, 0.1) is 7.11 Å². The molecule has 24 heavy (non-hydrogen) atoms. The average molecular weight is 327 g/mol. The van der Waals surface area contributed by atoms with E-state index in [1.54, 1.807) is 7.11 Å². The van der Waals surface area contributed by atoms with Crippen LogP contribution in [-0.2, 0) is 13.0 Å². The fourth-order valence-electron chi connectivity index (χ4n) is 2.48. The van der Waals surface area contributed by atoms with Crippen molar-refractivity contribution in [1.82, 2.24) is 0 Å². The Hall–Kier alpha value is -2.00. The predicted octanol–water partition coefficient (Wildman–Crippen LogP) is 4.58. The topological polar surface area (TPSA) is 44.5 Å². The van der Waals surface area contributed by atoms with Gasteiger partial charge in [0.25, 0.3) is 0 Å². The van der Waals surface area contributed by atoms with Gasteiger partial charge in [0.2, 0.25) is 0 Å². The number of aryl methyl sites for hydroxylation is 1. The second-order valence-electron chi connectivity index (χ2n) is 7.27. The first-order chi connectivity index (χ1) is 11.4. The molecule has 0 aliphatic heterocycles. The van der Waals surface area contributed by atoms with Crippen molar-refractivity contribution in [3.63, 3.8) is 0 Å². The summed E-state index contributed by atoms with van der Waals surface area (Å²) in [5.41, 5.74) is 8.74. The second-order valence-corrected chi connectivity index (χ2v) is 7.27. The second kappa shape index (κ2) is 8.20. The zero-order valence-corrected chi connectivity index (χ0v) is 15.2. The molecule has 130 valence electrons. The molecule has 3 heteroatoms. The van der Waals surface area contributed by atoms with Crippen LogP contribution in [0.4, 0.5) is 0 Å². The lowest BCUT2D eigenvalue weighted by Gasteiger charge is -2.27. The van der Waals surface area contributed by atoms with E-state index in [1.807, 2.05) is 24.3 Å². The minimum absolute atomic E-state index is 0.128. The number of ether oxygens (including phenoxy) is 2. The first-order valence-electron chi connectivity index (χ1n) is 8.49. The normalized spacial score (nSPS) is 12.7. The van der Waals surface area contributed by atoms with Crippen molar-refractivity contribution in [1.29, 1.82) is 0 Å². The van der Waals surface area contributed by atoms with Gasteiger partial charge in [-0.25, -0.2) is 0 Å². The fourth-order valence-corrected chi connectivity index (χ4v) is 2.48. The third-order valence-corrected chi connectivity index (χ3v) is 4.32. The highest BCUT2D eigenvalue weighted by Crippen LogP contribution is 2.30. The summed E-state index contributed by atoms with van der Waals surface area (Å²) in [4.78, 5) is 0. The number of hydrogen-bond donors (Lipinski definition) is 1. The van der Waals surface area contributed by atoms with Crippen molar-refractivity contribution in [3.8, 4) is 11.5 Å². The van der Waals surface area contributed by atoms with Gasteiger partial charge in [-0.05, 0) is 41.5 Å². The van der Waals surface area contributed by atoms with E-state index in [0.29, 0.717) is 6.61 Å². The van der Waals surface area contributed by atoms with E-state index in [2.05, 4.69) is 45.0 Å². The van der Waals surface area contributed by atoms with Gasteiger partial charge in [-0.3, -0.25) is 0 Å². The van der Waals surface area contributed by atoms with E-state index < -0.39 is 0 Å². The van der Waals surface area contributed by atoms with E-state index in [1.165, 1.54) is 5.56 Å². The average Bonchev–Trinajstić information content (AvgIpc) is 2.58. The molecule has 0 saturated heterocycles. The summed E-state index contributed by atoms with van der Waals surface area (Å²) in [5.74, 6) is 1.54. The quantitative estimate of drug-likeness (QED) is 0.809. The number of benzene rings is 2. The zero-order valence-electron chi connectivity index (χ0n) is 15.2. The molecule has 0 fully saturated rings. The minimum atomic E-state index is 0.128. The van der Waals surface area contributed by atoms with Crippen LogP contribution in [0.2, 0.25) is 0 Å². The number of nitrogens with two attached hydrogens (primary N) is 1. The van der Waals surface area contributed by atoms with Gasteiger partial charge in [-0.2, -0.15) is 0 Å². The van der Waals surface area contributed by atoms with Crippen LogP contribution in [0, 0.1) is 5.41 Å². The maximum absolute atomic E-state index is 6.26. The van der Waals surface area contributed by atoms with Crippen LogP contribution in [0.3, 0.4) is 0 Å². The van der Waals surface area contributed by atoms with Crippen molar-refractivity contribution in [2.24, 2.45) is 11.1 Å². The molecule has 0 saturated carbocycles. The van der Waals surface area contributed by atoms with Crippen molar-refractivity contribution in [3.05, 3.63) is 59.7 Å². The Labute approximate surface area is 145 Å². The van der Waals surface area contributed by atoms with Crippen molar-refractivity contribution in [2.75, 3.05) is 7.11 Å². The lowest BCUT2D eigenvalue weighted by Crippen LogP contribution is -2.35. The molecule has 1 atom stereocenters. The van der Waals surface area contributed by atoms with Crippen LogP contribution in [0.15, 0.2) is 48.5 Å². The molecule has 0 heterocycles. The molecule has 0 bridgehead atoms. The summed E-state index contributed by atoms with van der Waals surface area (Å²) >= 11 is 0. The lowest BCUT2D eigenvalue weighted by molar-refractivity contribution is 0.284. The van der Waals surface area contributed by atoms with E-state index >= 15 is 0 Å². The van der Waals surface area contributed by atoms with Gasteiger partial charge in [0.1, 0.15) is 6.61 Å². The Bertz CT molecular complexity index is 632. The molecule has 0 amide bonds. The van der Waals surface area contributed by atoms with Crippen LogP contribution in [-0.4, -0.2) is 13.2 Å². The maximum Gasteiger partial charge on any atom is 0.161 e. The first-order valence-corrected chi connectivity index (χ1v) is 8.49. The third kappa shape index (κ3) is 5.27. The predicted molar refractivity (Wildman–Crippen MR) is 99.5 cm³/mol. The summed E-state index contributed by atoms with van der Waals surface area (Å²) in [5, 5.41) is 0. The molecular formula is C21H29NO2. The first kappa shape index (κ1) is 18.3. The van der Waals surface area contributed by atoms with E-state index in [0.717, 1.165) is 29.9 Å². The maximum atomic E-state index is 6.26. The SMILES string of the molecule is COc1cc(CCC(N)C(C)(C)C)ccc1OCc1ccccc1. The molecule has 3 nitrogen and oxygen atoms in total. The van der Waals surface area contributed by atoms with Crippen molar-refractivity contribution < 1.29 is 9.47 Å². The molecule has 1 unspecified atom stereocenters. The van der Waals surface area contributed by atoms with Gasteiger partial charge >= 0.3 is 0 Å². The molecule has 0 aliphatic carbocycles. The van der Waals surface area contributed by atoms with Crippen LogP contribution in [0.5, 0.6) is 11.5 Å². The van der Waals surface area contributed by atoms with Gasteiger partial charge in [-0.1, -0.05) is 57.2 Å². The monoisotopic (exact) mass is 327 g/mol. The zero-order chi connectivity index (χ0) is 17.6. The lowest BCUT2D eigenvalue weighted by atomic mass is 9.84. The van der Waals surface area contributed by atoms with E-state index in [-0.39, 0.29) is 11.5 Å². The number of rotatable bonds is 7. The smallest absolute Gasteiger partial charge is 0.161 e. The van der Waals surface area contributed by atoms with Gasteiger partial charge in [0.15, 0.2) is 11.5 Å². The third-order valence-electron chi connectivity index (χ3n) is 4.32. The standard InChI is InChI=1S/C21H29NO2/c1-21(2,3)20(22)13-11-16-10-12-18(19(14-16)23-4)24-15-17-8-6-5-7-9-17/h5-10,12,14,20H,11,13,15,22H2,1-4H3. The van der Waals surface area contributed by atoms with Gasteiger partial charge in [-0.15, -0.1) is 0 Å². The summed E-state index contributed by atoms with van der Waals surface area (Å²) < 4.78 is 11.4. The Balaban J connectivity index is 1.99. The Morgan fingerprint density at radius 3 is 2.29 bits per heavy atom. The van der Waals surface area contributed by atoms with E-state index in [9.17, 15) is 0 Å². The molecule has 2 aromatic rings. The van der Waals surface area contributed by atoms with Gasteiger partial charge < -0.3 is 15.2 Å². The molecular weight excluding hydrogens is 298 g/mol. The summed E-state index contributed by atoms with van der Waals surface area (Å²) in [7, 11) is 1.68. The fraction of sp³-hybridized carbons (Fsp3) is 0.429. The van der Waals surface area contributed by atoms with Crippen LogP contribution >= 0.6 is 0 Å². The molecule has 0 aliphatic rings. The van der Waals surface area contributed by atoms with Crippen LogP contribution in [0.1, 0.15) is 38.3 Å². The van der Waals surface area contributed by atoms with Crippen molar-refractivity contribution in [2.45, 2.75) is 46.3 Å². The van der Waals surface area contributed by atoms with Crippen molar-refractivity contribution >= 4 is 0 Å². The molecule has 0 radical (unpaired) electrons. The largest absolute Gasteiger partial charge is 0.493 e. The summed E-state index contributed by atoms with van der Waals surface area (Å²) in [6.45, 7) is 7.07. The highest BCUT2D eigenvalue weighted by molar-refractivity contribution is 5.43. The summed E-state index contributed by atoms with van der Waals surface area (Å²) in [6, 6.07) is 16.4. The van der Waals surface area contributed by atoms with Gasteiger partial charge in [0, 0.05) is 6.04 Å². The molecule has 0 aromatic heterocycles. The molecule has 2 aromatic carbocycles. The minimum Gasteiger partial charge on any atom is -0.493 e. The molecule has 0 spiro atoms. The Morgan fingerprint density at radius 1 is 0.958 bits per heavy atom. The number of hydrogen-bond acceptors (Lipinski definition) is 3. The van der Waals surface area contributed by atoms with E-state index in [4.69, 9.17) is 15.2 Å². The number of methoxy groups -OCH3 is 1. The molecule has 2 rings (SSSR count). The highest BCUT2D eigenvalue weighted by Gasteiger charge is 2.20. The Morgan fingerprint density at radius 2 is 1.67 bits per heavy atom. The van der Waals surface area contributed by atoms with Crippen LogP contribution in [0.25, 0.3) is 0 Å². The summed E-state index contributed by atoms with van der Waals surface area (Å²) in [6.07, 6.45) is 1.89.